The molecule has 2 rings (SSSR count). The molecule has 0 saturated carbocycles. The molecule has 1 aliphatic heterocycles. The van der Waals surface area contributed by atoms with Gasteiger partial charge in [0.05, 0.1) is 0 Å². The minimum Gasteiger partial charge on any atom is -0.370 e. The van der Waals surface area contributed by atoms with E-state index in [1.165, 1.54) is 24.2 Å². The zero-order chi connectivity index (χ0) is 11.5. The number of aryl methyl sites for hydroxylation is 1. The highest BCUT2D eigenvalue weighted by Gasteiger charge is 2.23. The molecule has 1 aliphatic rings. The third-order valence-corrected chi connectivity index (χ3v) is 3.43. The Morgan fingerprint density at radius 1 is 1.31 bits per heavy atom. The number of piperidine rings is 1. The van der Waals surface area contributed by atoms with Crippen LogP contribution in [0.2, 0.25) is 0 Å². The smallest absolute Gasteiger partial charge is 0.0369 e. The molecule has 0 aliphatic carbocycles. The summed E-state index contributed by atoms with van der Waals surface area (Å²) in [5.74, 6) is 0.770. The Bertz CT molecular complexity index is 348. The number of benzene rings is 1. The monoisotopic (exact) mass is 218 g/mol. The Morgan fingerprint density at radius 2 is 2.12 bits per heavy atom. The van der Waals surface area contributed by atoms with Gasteiger partial charge in [0.25, 0.3) is 0 Å². The van der Waals surface area contributed by atoms with E-state index in [2.05, 4.69) is 55.4 Å². The van der Waals surface area contributed by atoms with E-state index in [1.807, 2.05) is 0 Å². The summed E-state index contributed by atoms with van der Waals surface area (Å²) in [5.41, 5.74) is 2.71. The molecule has 0 aromatic heterocycles. The SMILES string of the molecule is CNC1CC(C)CN(c2cccc(C)c2)C1. The highest BCUT2D eigenvalue weighted by molar-refractivity contribution is 5.49. The van der Waals surface area contributed by atoms with Gasteiger partial charge < -0.3 is 10.2 Å². The summed E-state index contributed by atoms with van der Waals surface area (Å²) in [6.45, 7) is 6.81. The maximum absolute atomic E-state index is 3.41. The molecule has 0 amide bonds. The topological polar surface area (TPSA) is 15.3 Å². The molecule has 88 valence electrons. The molecule has 1 heterocycles. The average Bonchev–Trinajstić information content (AvgIpc) is 2.28. The zero-order valence-electron chi connectivity index (χ0n) is 10.5. The summed E-state index contributed by atoms with van der Waals surface area (Å²) in [7, 11) is 2.07. The summed E-state index contributed by atoms with van der Waals surface area (Å²) in [6, 6.07) is 9.44. The highest BCUT2D eigenvalue weighted by atomic mass is 15.2. The van der Waals surface area contributed by atoms with Crippen LogP contribution >= 0.6 is 0 Å². The van der Waals surface area contributed by atoms with Gasteiger partial charge >= 0.3 is 0 Å². The van der Waals surface area contributed by atoms with Gasteiger partial charge in [-0.15, -0.1) is 0 Å². The van der Waals surface area contributed by atoms with Crippen LogP contribution in [0.4, 0.5) is 5.69 Å². The maximum atomic E-state index is 3.41. The van der Waals surface area contributed by atoms with Crippen molar-refractivity contribution in [1.82, 2.24) is 5.32 Å². The molecule has 1 saturated heterocycles. The second-order valence-electron chi connectivity index (χ2n) is 5.07. The van der Waals surface area contributed by atoms with E-state index in [1.54, 1.807) is 0 Å². The summed E-state index contributed by atoms with van der Waals surface area (Å²) >= 11 is 0. The summed E-state index contributed by atoms with van der Waals surface area (Å²) in [5, 5.41) is 3.41. The number of rotatable bonds is 2. The molecular weight excluding hydrogens is 196 g/mol. The first-order chi connectivity index (χ1) is 7.69. The molecule has 16 heavy (non-hydrogen) atoms. The van der Waals surface area contributed by atoms with Gasteiger partial charge in [-0.05, 0) is 44.0 Å². The van der Waals surface area contributed by atoms with Crippen LogP contribution in [0.3, 0.4) is 0 Å². The fourth-order valence-corrected chi connectivity index (χ4v) is 2.60. The van der Waals surface area contributed by atoms with Crippen LogP contribution < -0.4 is 10.2 Å². The van der Waals surface area contributed by atoms with Crippen molar-refractivity contribution in [1.29, 1.82) is 0 Å². The van der Waals surface area contributed by atoms with Gasteiger partial charge in [0.15, 0.2) is 0 Å². The van der Waals surface area contributed by atoms with Crippen LogP contribution in [0.25, 0.3) is 0 Å². The first-order valence-electron chi connectivity index (χ1n) is 6.18. The highest BCUT2D eigenvalue weighted by Crippen LogP contribution is 2.23. The number of nitrogens with zero attached hydrogens (tertiary/aromatic N) is 1. The van der Waals surface area contributed by atoms with Crippen LogP contribution in [0.1, 0.15) is 18.9 Å². The van der Waals surface area contributed by atoms with E-state index < -0.39 is 0 Å². The molecule has 1 aromatic carbocycles. The van der Waals surface area contributed by atoms with Crippen molar-refractivity contribution in [3.63, 3.8) is 0 Å². The number of hydrogen-bond donors (Lipinski definition) is 1. The van der Waals surface area contributed by atoms with E-state index >= 15 is 0 Å². The van der Waals surface area contributed by atoms with Crippen LogP contribution in [0, 0.1) is 12.8 Å². The van der Waals surface area contributed by atoms with Gasteiger partial charge in [0.1, 0.15) is 0 Å². The van der Waals surface area contributed by atoms with Crippen LogP contribution in [0.15, 0.2) is 24.3 Å². The van der Waals surface area contributed by atoms with Gasteiger partial charge in [0.2, 0.25) is 0 Å². The standard InChI is InChI=1S/C14H22N2/c1-11-5-4-6-14(8-11)16-9-12(2)7-13(10-16)15-3/h4-6,8,12-13,15H,7,9-10H2,1-3H3. The van der Waals surface area contributed by atoms with Crippen molar-refractivity contribution in [2.45, 2.75) is 26.3 Å². The predicted molar refractivity (Wildman–Crippen MR) is 70.0 cm³/mol. The Hall–Kier alpha value is -1.02. The van der Waals surface area contributed by atoms with Crippen LogP contribution in [-0.4, -0.2) is 26.2 Å². The van der Waals surface area contributed by atoms with E-state index in [0.717, 1.165) is 12.5 Å². The van der Waals surface area contributed by atoms with Crippen molar-refractivity contribution in [3.8, 4) is 0 Å². The van der Waals surface area contributed by atoms with Gasteiger partial charge in [-0.1, -0.05) is 19.1 Å². The largest absolute Gasteiger partial charge is 0.370 e. The van der Waals surface area contributed by atoms with Crippen molar-refractivity contribution in [2.24, 2.45) is 5.92 Å². The fourth-order valence-electron chi connectivity index (χ4n) is 2.60. The lowest BCUT2D eigenvalue weighted by Crippen LogP contribution is -2.47. The molecule has 0 bridgehead atoms. The van der Waals surface area contributed by atoms with E-state index in [-0.39, 0.29) is 0 Å². The second-order valence-corrected chi connectivity index (χ2v) is 5.07. The Kier molecular flexibility index (Phi) is 3.49. The molecule has 1 N–H and O–H groups in total. The van der Waals surface area contributed by atoms with Crippen molar-refractivity contribution >= 4 is 5.69 Å². The fraction of sp³-hybridized carbons (Fsp3) is 0.571. The van der Waals surface area contributed by atoms with E-state index in [4.69, 9.17) is 0 Å². The normalized spacial score (nSPS) is 25.8. The number of hydrogen-bond acceptors (Lipinski definition) is 2. The van der Waals surface area contributed by atoms with Gasteiger partial charge in [-0.25, -0.2) is 0 Å². The maximum Gasteiger partial charge on any atom is 0.0369 e. The summed E-state index contributed by atoms with van der Waals surface area (Å²) in [4.78, 5) is 2.50. The molecule has 1 fully saturated rings. The molecule has 2 heteroatoms. The number of anilines is 1. The summed E-state index contributed by atoms with van der Waals surface area (Å²) in [6.07, 6.45) is 1.29. The molecule has 2 nitrogen and oxygen atoms in total. The minimum absolute atomic E-state index is 0.629. The van der Waals surface area contributed by atoms with Gasteiger partial charge in [0, 0.05) is 24.8 Å². The van der Waals surface area contributed by atoms with Crippen molar-refractivity contribution in [2.75, 3.05) is 25.0 Å². The van der Waals surface area contributed by atoms with Crippen molar-refractivity contribution < 1.29 is 0 Å². The Balaban J connectivity index is 2.14. The number of nitrogens with one attached hydrogen (secondary N) is 1. The predicted octanol–water partition coefficient (Wildman–Crippen LogP) is 2.43. The Morgan fingerprint density at radius 3 is 2.81 bits per heavy atom. The quantitative estimate of drug-likeness (QED) is 0.820. The van der Waals surface area contributed by atoms with Crippen molar-refractivity contribution in [3.05, 3.63) is 29.8 Å². The zero-order valence-corrected chi connectivity index (χ0v) is 10.5. The lowest BCUT2D eigenvalue weighted by atomic mass is 9.95. The molecular formula is C14H22N2. The number of likely N-dealkylation sites (N-methyl/N-ethyl adjacent to an activating group) is 1. The van der Waals surface area contributed by atoms with Crippen LogP contribution in [-0.2, 0) is 0 Å². The van der Waals surface area contributed by atoms with Gasteiger partial charge in [-0.2, -0.15) is 0 Å². The molecule has 2 unspecified atom stereocenters. The minimum atomic E-state index is 0.629. The molecule has 0 spiro atoms. The molecule has 2 atom stereocenters. The third kappa shape index (κ3) is 2.56. The van der Waals surface area contributed by atoms with Gasteiger partial charge in [-0.3, -0.25) is 0 Å². The molecule has 1 aromatic rings. The second kappa shape index (κ2) is 4.88. The first kappa shape index (κ1) is 11.5. The van der Waals surface area contributed by atoms with Crippen LogP contribution in [0.5, 0.6) is 0 Å². The first-order valence-corrected chi connectivity index (χ1v) is 6.18. The average molecular weight is 218 g/mol. The van der Waals surface area contributed by atoms with E-state index in [0.29, 0.717) is 6.04 Å². The molecule has 0 radical (unpaired) electrons. The lowest BCUT2D eigenvalue weighted by molar-refractivity contribution is 0.366. The lowest BCUT2D eigenvalue weighted by Gasteiger charge is -2.38. The third-order valence-electron chi connectivity index (χ3n) is 3.43. The van der Waals surface area contributed by atoms with E-state index in [9.17, 15) is 0 Å². The summed E-state index contributed by atoms with van der Waals surface area (Å²) < 4.78 is 0. The Labute approximate surface area is 98.7 Å².